The summed E-state index contributed by atoms with van der Waals surface area (Å²) in [6.07, 6.45) is -1.64. The summed E-state index contributed by atoms with van der Waals surface area (Å²) in [7, 11) is 0. The number of ketones is 1. The molecule has 1 aliphatic heterocycles. The minimum absolute atomic E-state index is 0.0548. The Labute approximate surface area is 205 Å². The maximum absolute atomic E-state index is 13.2. The van der Waals surface area contributed by atoms with Crippen LogP contribution in [0.5, 0.6) is 5.75 Å². The number of aromatic hydroxyl groups is 1. The van der Waals surface area contributed by atoms with Crippen molar-refractivity contribution in [3.8, 4) is 5.75 Å². The zero-order chi connectivity index (χ0) is 25.8. The van der Waals surface area contributed by atoms with Crippen molar-refractivity contribution < 1.29 is 32.6 Å². The molecule has 0 spiro atoms. The van der Waals surface area contributed by atoms with Crippen LogP contribution in [0.15, 0.2) is 67.0 Å². The molecule has 4 rings (SSSR count). The molecule has 7 nitrogen and oxygen atoms in total. The Morgan fingerprint density at radius 3 is 2.50 bits per heavy atom. The number of hydrogen-bond donors (Lipinski definition) is 3. The van der Waals surface area contributed by atoms with E-state index in [-0.39, 0.29) is 48.3 Å². The summed E-state index contributed by atoms with van der Waals surface area (Å²) in [5, 5.41) is 15.2. The second kappa shape index (κ2) is 10.4. The third kappa shape index (κ3) is 5.83. The summed E-state index contributed by atoms with van der Waals surface area (Å²) in [6, 6.07) is 13.2. The van der Waals surface area contributed by atoms with Gasteiger partial charge in [-0.05, 0) is 42.3 Å². The third-order valence-electron chi connectivity index (χ3n) is 6.05. The van der Waals surface area contributed by atoms with Gasteiger partial charge in [-0.15, -0.1) is 0 Å². The number of para-hydroxylation sites is 1. The van der Waals surface area contributed by atoms with Gasteiger partial charge in [-0.25, -0.2) is 0 Å². The van der Waals surface area contributed by atoms with Gasteiger partial charge >= 0.3 is 6.18 Å². The highest BCUT2D eigenvalue weighted by atomic mass is 19.4. The van der Waals surface area contributed by atoms with E-state index in [2.05, 4.69) is 15.6 Å². The van der Waals surface area contributed by atoms with Gasteiger partial charge in [-0.2, -0.15) is 13.2 Å². The van der Waals surface area contributed by atoms with Crippen LogP contribution in [0.2, 0.25) is 0 Å². The summed E-state index contributed by atoms with van der Waals surface area (Å²) >= 11 is 0. The molecule has 0 bridgehead atoms. The van der Waals surface area contributed by atoms with E-state index in [1.807, 2.05) is 0 Å². The average molecular weight is 499 g/mol. The molecular formula is C26H24F3N3O4. The number of alkyl halides is 3. The summed E-state index contributed by atoms with van der Waals surface area (Å²) in [5.74, 6) is -0.793. The molecule has 3 aromatic rings. The molecule has 1 fully saturated rings. The van der Waals surface area contributed by atoms with Crippen LogP contribution in [-0.4, -0.2) is 35.0 Å². The van der Waals surface area contributed by atoms with Crippen molar-refractivity contribution in [2.45, 2.75) is 25.6 Å². The minimum Gasteiger partial charge on any atom is -0.506 e. The van der Waals surface area contributed by atoms with Gasteiger partial charge in [-0.3, -0.25) is 14.6 Å². The molecule has 0 radical (unpaired) electrons. The molecule has 2 aromatic carbocycles. The smallest absolute Gasteiger partial charge is 0.418 e. The van der Waals surface area contributed by atoms with E-state index in [9.17, 15) is 27.9 Å². The number of rotatable bonds is 8. The number of benzene rings is 2. The quantitative estimate of drug-likeness (QED) is 0.384. The van der Waals surface area contributed by atoms with Gasteiger partial charge in [0.25, 0.3) is 0 Å². The molecular weight excluding hydrogens is 475 g/mol. The van der Waals surface area contributed by atoms with Crippen molar-refractivity contribution in [2.24, 2.45) is 5.41 Å². The lowest BCUT2D eigenvalue weighted by Gasteiger charge is -2.25. The first-order valence-electron chi connectivity index (χ1n) is 11.2. The van der Waals surface area contributed by atoms with Gasteiger partial charge in [0.15, 0.2) is 5.78 Å². The molecule has 188 valence electrons. The van der Waals surface area contributed by atoms with Crippen molar-refractivity contribution in [1.82, 2.24) is 10.3 Å². The predicted octanol–water partition coefficient (Wildman–Crippen LogP) is 4.85. The Morgan fingerprint density at radius 1 is 1.08 bits per heavy atom. The van der Waals surface area contributed by atoms with Gasteiger partial charge in [0.05, 0.1) is 29.5 Å². The van der Waals surface area contributed by atoms with E-state index in [1.165, 1.54) is 36.7 Å². The molecule has 1 aliphatic rings. The fourth-order valence-corrected chi connectivity index (χ4v) is 4.07. The molecule has 1 aromatic heterocycles. The van der Waals surface area contributed by atoms with Crippen LogP contribution >= 0.6 is 0 Å². The second-order valence-corrected chi connectivity index (χ2v) is 8.66. The van der Waals surface area contributed by atoms with Crippen LogP contribution in [0.3, 0.4) is 0 Å². The SMILES string of the molecule is O=C(C[C@@]1(C(=O)NCc2ccc(Nc3ccccc3C(F)(F)F)cc2)CCOC1)c1cncc(O)c1. The Balaban J connectivity index is 1.39. The first-order valence-corrected chi connectivity index (χ1v) is 11.2. The normalized spacial score (nSPS) is 17.5. The molecule has 2 heterocycles. The number of halogens is 3. The second-order valence-electron chi connectivity index (χ2n) is 8.66. The number of Topliss-reactive ketones (excluding diaryl/α,β-unsaturated/α-hetero) is 1. The highest BCUT2D eigenvalue weighted by molar-refractivity contribution is 6.00. The van der Waals surface area contributed by atoms with Gasteiger partial charge in [0, 0.05) is 37.0 Å². The minimum atomic E-state index is -4.48. The molecule has 36 heavy (non-hydrogen) atoms. The van der Waals surface area contributed by atoms with Crippen molar-refractivity contribution in [1.29, 1.82) is 0 Å². The third-order valence-corrected chi connectivity index (χ3v) is 6.05. The average Bonchev–Trinajstić information content (AvgIpc) is 3.33. The van der Waals surface area contributed by atoms with Gasteiger partial charge < -0.3 is 20.5 Å². The monoisotopic (exact) mass is 499 g/mol. The largest absolute Gasteiger partial charge is 0.506 e. The number of nitrogens with zero attached hydrogens (tertiary/aromatic N) is 1. The van der Waals surface area contributed by atoms with E-state index in [4.69, 9.17) is 4.74 Å². The standard InChI is InChI=1S/C26H24F3N3O4/c27-26(28,29)21-3-1-2-4-22(21)32-19-7-5-17(6-8-19)13-31-24(35)25(9-10-36-16-25)12-23(34)18-11-20(33)15-30-14-18/h1-8,11,14-15,32-33H,9-10,12-13,16H2,(H,31,35)/t25-/m0/s1. The number of aromatic nitrogens is 1. The van der Waals surface area contributed by atoms with E-state index in [0.29, 0.717) is 18.7 Å². The fraction of sp³-hybridized carbons (Fsp3) is 0.269. The lowest BCUT2D eigenvalue weighted by atomic mass is 9.80. The van der Waals surface area contributed by atoms with E-state index in [1.54, 1.807) is 24.3 Å². The summed E-state index contributed by atoms with van der Waals surface area (Å²) in [5.41, 5.74) is -0.444. The van der Waals surface area contributed by atoms with Crippen molar-refractivity contribution >= 4 is 23.1 Å². The van der Waals surface area contributed by atoms with Gasteiger partial charge in [-0.1, -0.05) is 24.3 Å². The number of hydrogen-bond acceptors (Lipinski definition) is 6. The maximum atomic E-state index is 13.2. The lowest BCUT2D eigenvalue weighted by Crippen LogP contribution is -2.42. The predicted molar refractivity (Wildman–Crippen MR) is 126 cm³/mol. The van der Waals surface area contributed by atoms with E-state index < -0.39 is 17.2 Å². The summed E-state index contributed by atoms with van der Waals surface area (Å²) in [4.78, 5) is 29.6. The number of carbonyl (C=O) groups excluding carboxylic acids is 2. The van der Waals surface area contributed by atoms with Gasteiger partial charge in [0.2, 0.25) is 5.91 Å². The lowest BCUT2D eigenvalue weighted by molar-refractivity contribution is -0.137. The Hall–Kier alpha value is -3.92. The highest BCUT2D eigenvalue weighted by Gasteiger charge is 2.44. The van der Waals surface area contributed by atoms with E-state index >= 15 is 0 Å². The maximum Gasteiger partial charge on any atom is 0.418 e. The molecule has 1 atom stereocenters. The van der Waals surface area contributed by atoms with Crippen LogP contribution in [0, 0.1) is 5.41 Å². The highest BCUT2D eigenvalue weighted by Crippen LogP contribution is 2.36. The fourth-order valence-electron chi connectivity index (χ4n) is 4.07. The number of pyridine rings is 1. The zero-order valence-corrected chi connectivity index (χ0v) is 19.1. The van der Waals surface area contributed by atoms with Crippen LogP contribution < -0.4 is 10.6 Å². The number of ether oxygens (including phenoxy) is 1. The van der Waals surface area contributed by atoms with Crippen molar-refractivity contribution in [3.05, 3.63) is 83.7 Å². The molecule has 1 saturated heterocycles. The van der Waals surface area contributed by atoms with Crippen molar-refractivity contribution in [2.75, 3.05) is 18.5 Å². The number of amides is 1. The molecule has 1 amide bonds. The Morgan fingerprint density at radius 2 is 1.83 bits per heavy atom. The first kappa shape index (κ1) is 25.2. The zero-order valence-electron chi connectivity index (χ0n) is 19.1. The van der Waals surface area contributed by atoms with E-state index in [0.717, 1.165) is 11.6 Å². The summed E-state index contributed by atoms with van der Waals surface area (Å²) < 4.78 is 45.1. The molecule has 0 unspecified atom stereocenters. The van der Waals surface area contributed by atoms with Crippen LogP contribution in [0.4, 0.5) is 24.5 Å². The van der Waals surface area contributed by atoms with Gasteiger partial charge in [0.1, 0.15) is 5.75 Å². The molecule has 10 heteroatoms. The Kier molecular flexibility index (Phi) is 7.25. The summed E-state index contributed by atoms with van der Waals surface area (Å²) in [6.45, 7) is 0.610. The van der Waals surface area contributed by atoms with Crippen LogP contribution in [0.1, 0.15) is 34.3 Å². The Bertz CT molecular complexity index is 1240. The van der Waals surface area contributed by atoms with Crippen LogP contribution in [-0.2, 0) is 22.3 Å². The van der Waals surface area contributed by atoms with Crippen LogP contribution in [0.25, 0.3) is 0 Å². The number of carbonyl (C=O) groups is 2. The molecule has 0 aliphatic carbocycles. The number of nitrogens with one attached hydrogen (secondary N) is 2. The van der Waals surface area contributed by atoms with Crippen molar-refractivity contribution in [3.63, 3.8) is 0 Å². The topological polar surface area (TPSA) is 101 Å². The first-order chi connectivity index (χ1) is 17.2. The molecule has 0 saturated carbocycles. The number of anilines is 2. The molecule has 3 N–H and O–H groups in total.